The summed E-state index contributed by atoms with van der Waals surface area (Å²) in [7, 11) is 1.76. The highest BCUT2D eigenvalue weighted by molar-refractivity contribution is 5.78. The second-order valence-corrected chi connectivity index (χ2v) is 2.32. The number of rotatable bonds is 1. The van der Waals surface area contributed by atoms with Gasteiger partial charge in [-0.15, -0.1) is 6.58 Å². The largest absolute Gasteiger partial charge is 0.369 e. The summed E-state index contributed by atoms with van der Waals surface area (Å²) in [5.41, 5.74) is 0. The van der Waals surface area contributed by atoms with E-state index in [1.165, 1.54) is 0 Å². The molecule has 1 amide bonds. The third kappa shape index (κ3) is 1.19. The Morgan fingerprint density at radius 2 is 2.60 bits per heavy atom. The Morgan fingerprint density at radius 1 is 1.90 bits per heavy atom. The minimum Gasteiger partial charge on any atom is -0.369 e. The molecule has 0 aliphatic carbocycles. The smallest absolute Gasteiger partial charge is 0.248 e. The van der Waals surface area contributed by atoms with Gasteiger partial charge in [0.2, 0.25) is 5.91 Å². The van der Waals surface area contributed by atoms with E-state index in [0.717, 1.165) is 0 Å². The van der Waals surface area contributed by atoms with Crippen molar-refractivity contribution in [3.8, 4) is 0 Å². The summed E-state index contributed by atoms with van der Waals surface area (Å²) in [6, 6.07) is 0.0567. The summed E-state index contributed by atoms with van der Waals surface area (Å²) in [4.78, 5) is 12.6. The van der Waals surface area contributed by atoms with E-state index < -0.39 is 0 Å². The number of nitrogens with zero attached hydrogens (tertiary/aromatic N) is 1. The van der Waals surface area contributed by atoms with Crippen LogP contribution in [0.3, 0.4) is 0 Å². The molecule has 1 fully saturated rings. The van der Waals surface area contributed by atoms with Crippen molar-refractivity contribution in [2.45, 2.75) is 6.04 Å². The lowest BCUT2D eigenvalue weighted by Gasteiger charge is -2.29. The van der Waals surface area contributed by atoms with Crippen LogP contribution in [0.15, 0.2) is 12.7 Å². The Balaban J connectivity index is 2.59. The predicted octanol–water partition coefficient (Wildman–Crippen LogP) is 0.0296. The quantitative estimate of drug-likeness (QED) is 0.482. The standard InChI is InChI=1S/C7H11NO2/c1-3-6-4-10-5-7(9)8(6)2/h3,6H,1,4-5H2,2H3. The van der Waals surface area contributed by atoms with Gasteiger partial charge in [0.15, 0.2) is 0 Å². The maximum atomic E-state index is 10.9. The summed E-state index contributed by atoms with van der Waals surface area (Å²) in [6.07, 6.45) is 1.72. The molecule has 0 N–H and O–H groups in total. The highest BCUT2D eigenvalue weighted by Gasteiger charge is 2.22. The fraction of sp³-hybridized carbons (Fsp3) is 0.571. The summed E-state index contributed by atoms with van der Waals surface area (Å²) < 4.78 is 4.99. The number of amides is 1. The Morgan fingerprint density at radius 3 is 3.10 bits per heavy atom. The van der Waals surface area contributed by atoms with Crippen LogP contribution < -0.4 is 0 Å². The molecule has 0 bridgehead atoms. The molecule has 1 aliphatic rings. The van der Waals surface area contributed by atoms with Gasteiger partial charge < -0.3 is 9.64 Å². The molecule has 1 unspecified atom stereocenters. The number of carbonyl (C=O) groups excluding carboxylic acids is 1. The van der Waals surface area contributed by atoms with E-state index >= 15 is 0 Å². The lowest BCUT2D eigenvalue weighted by Crippen LogP contribution is -2.45. The van der Waals surface area contributed by atoms with Crippen LogP contribution in [0.25, 0.3) is 0 Å². The number of ether oxygens (including phenoxy) is 1. The molecule has 10 heavy (non-hydrogen) atoms. The number of carbonyl (C=O) groups is 1. The van der Waals surface area contributed by atoms with Gasteiger partial charge in [0.25, 0.3) is 0 Å². The van der Waals surface area contributed by atoms with E-state index in [1.807, 2.05) is 0 Å². The molecule has 1 saturated heterocycles. The first-order valence-corrected chi connectivity index (χ1v) is 3.21. The highest BCUT2D eigenvalue weighted by Crippen LogP contribution is 2.04. The minimum absolute atomic E-state index is 0.0242. The average molecular weight is 141 g/mol. The van der Waals surface area contributed by atoms with Crippen LogP contribution in [0, 0.1) is 0 Å². The van der Waals surface area contributed by atoms with Crippen molar-refractivity contribution in [2.75, 3.05) is 20.3 Å². The van der Waals surface area contributed by atoms with Gasteiger partial charge in [-0.3, -0.25) is 4.79 Å². The van der Waals surface area contributed by atoms with Crippen LogP contribution in [0.2, 0.25) is 0 Å². The molecule has 56 valence electrons. The third-order valence-corrected chi connectivity index (χ3v) is 1.68. The Hall–Kier alpha value is -0.830. The number of likely N-dealkylation sites (N-methyl/N-ethyl adjacent to an activating group) is 1. The Bertz CT molecular complexity index is 156. The number of hydrogen-bond acceptors (Lipinski definition) is 2. The molecule has 3 heteroatoms. The first-order valence-electron chi connectivity index (χ1n) is 3.21. The van der Waals surface area contributed by atoms with Crippen molar-refractivity contribution in [1.29, 1.82) is 0 Å². The van der Waals surface area contributed by atoms with Crippen LogP contribution >= 0.6 is 0 Å². The summed E-state index contributed by atoms with van der Waals surface area (Å²) >= 11 is 0. The van der Waals surface area contributed by atoms with E-state index in [2.05, 4.69) is 6.58 Å². The fourth-order valence-corrected chi connectivity index (χ4v) is 0.892. The molecule has 3 nitrogen and oxygen atoms in total. The molecule has 1 aliphatic heterocycles. The molecule has 0 aromatic rings. The molecule has 1 atom stereocenters. The molecule has 1 heterocycles. The van der Waals surface area contributed by atoms with Crippen LogP contribution in [-0.2, 0) is 9.53 Å². The van der Waals surface area contributed by atoms with Crippen LogP contribution in [-0.4, -0.2) is 37.1 Å². The van der Waals surface area contributed by atoms with Gasteiger partial charge >= 0.3 is 0 Å². The highest BCUT2D eigenvalue weighted by atomic mass is 16.5. The lowest BCUT2D eigenvalue weighted by atomic mass is 10.2. The first-order chi connectivity index (χ1) is 4.75. The minimum atomic E-state index is 0.0242. The van der Waals surface area contributed by atoms with E-state index in [0.29, 0.717) is 6.61 Å². The first kappa shape index (κ1) is 7.28. The maximum absolute atomic E-state index is 10.9. The zero-order valence-electron chi connectivity index (χ0n) is 6.04. The lowest BCUT2D eigenvalue weighted by molar-refractivity contribution is -0.143. The Labute approximate surface area is 60.3 Å². The second kappa shape index (κ2) is 2.84. The van der Waals surface area contributed by atoms with Crippen LogP contribution in [0.1, 0.15) is 0 Å². The van der Waals surface area contributed by atoms with Crippen molar-refractivity contribution >= 4 is 5.91 Å². The van der Waals surface area contributed by atoms with Crippen molar-refractivity contribution in [3.05, 3.63) is 12.7 Å². The number of hydrogen-bond donors (Lipinski definition) is 0. The molecular weight excluding hydrogens is 130 g/mol. The second-order valence-electron chi connectivity index (χ2n) is 2.32. The summed E-state index contributed by atoms with van der Waals surface area (Å²) in [5.74, 6) is 0.0242. The molecule has 0 aromatic carbocycles. The predicted molar refractivity (Wildman–Crippen MR) is 37.6 cm³/mol. The van der Waals surface area contributed by atoms with E-state index in [-0.39, 0.29) is 18.6 Å². The zero-order chi connectivity index (χ0) is 7.56. The van der Waals surface area contributed by atoms with Gasteiger partial charge in [0.1, 0.15) is 6.61 Å². The summed E-state index contributed by atoms with van der Waals surface area (Å²) in [5, 5.41) is 0. The topological polar surface area (TPSA) is 29.5 Å². The average Bonchev–Trinajstić information content (AvgIpc) is 1.95. The monoisotopic (exact) mass is 141 g/mol. The van der Waals surface area contributed by atoms with Crippen LogP contribution in [0.5, 0.6) is 0 Å². The van der Waals surface area contributed by atoms with Gasteiger partial charge in [0.05, 0.1) is 12.6 Å². The van der Waals surface area contributed by atoms with Gasteiger partial charge in [-0.1, -0.05) is 6.08 Å². The normalized spacial score (nSPS) is 26.7. The van der Waals surface area contributed by atoms with Crippen molar-refractivity contribution in [1.82, 2.24) is 4.90 Å². The molecular formula is C7H11NO2. The van der Waals surface area contributed by atoms with Crippen molar-refractivity contribution < 1.29 is 9.53 Å². The molecule has 0 aromatic heterocycles. The fourth-order valence-electron chi connectivity index (χ4n) is 0.892. The van der Waals surface area contributed by atoms with E-state index in [4.69, 9.17) is 4.74 Å². The van der Waals surface area contributed by atoms with Crippen molar-refractivity contribution in [2.24, 2.45) is 0 Å². The summed E-state index contributed by atoms with van der Waals surface area (Å²) in [6.45, 7) is 4.38. The van der Waals surface area contributed by atoms with E-state index in [9.17, 15) is 4.79 Å². The van der Waals surface area contributed by atoms with E-state index in [1.54, 1.807) is 18.0 Å². The van der Waals surface area contributed by atoms with Crippen molar-refractivity contribution in [3.63, 3.8) is 0 Å². The maximum Gasteiger partial charge on any atom is 0.248 e. The molecule has 0 radical (unpaired) electrons. The van der Waals surface area contributed by atoms with Gasteiger partial charge in [0, 0.05) is 7.05 Å². The molecule has 1 rings (SSSR count). The molecule has 0 saturated carbocycles. The van der Waals surface area contributed by atoms with Gasteiger partial charge in [-0.25, -0.2) is 0 Å². The van der Waals surface area contributed by atoms with Crippen LogP contribution in [0.4, 0.5) is 0 Å². The van der Waals surface area contributed by atoms with Gasteiger partial charge in [-0.2, -0.15) is 0 Å². The van der Waals surface area contributed by atoms with Gasteiger partial charge in [-0.05, 0) is 0 Å². The molecule has 0 spiro atoms. The SMILES string of the molecule is C=CC1COCC(=O)N1C. The number of morpholine rings is 1. The third-order valence-electron chi connectivity index (χ3n) is 1.68. The Kier molecular flexibility index (Phi) is 2.06. The zero-order valence-corrected chi connectivity index (χ0v) is 6.04.